The minimum Gasteiger partial charge on any atom is -0.396 e. The first-order chi connectivity index (χ1) is 7.67. The molecular formula is C12H17Cl2NO. The Hall–Kier alpha value is -0.280. The molecule has 1 unspecified atom stereocenters. The number of aliphatic hydroxyl groups is 1. The van der Waals surface area contributed by atoms with Crippen molar-refractivity contribution in [3.8, 4) is 0 Å². The standard InChI is InChI=1S/C12H17Cl2NO/c1-2-11(5-6-16)15-8-9-7-10(13)3-4-12(9)14/h3-4,7,11,15-16H,2,5-6,8H2,1H3. The van der Waals surface area contributed by atoms with E-state index in [9.17, 15) is 0 Å². The number of hydrogen-bond donors (Lipinski definition) is 2. The van der Waals surface area contributed by atoms with Crippen molar-refractivity contribution in [3.05, 3.63) is 33.8 Å². The van der Waals surface area contributed by atoms with Gasteiger partial charge in [-0.1, -0.05) is 30.1 Å². The van der Waals surface area contributed by atoms with Crippen LogP contribution in [0.4, 0.5) is 0 Å². The average molecular weight is 262 g/mol. The van der Waals surface area contributed by atoms with E-state index in [1.807, 2.05) is 6.07 Å². The van der Waals surface area contributed by atoms with Gasteiger partial charge in [0, 0.05) is 29.2 Å². The normalized spacial score (nSPS) is 12.8. The third-order valence-corrected chi connectivity index (χ3v) is 3.16. The van der Waals surface area contributed by atoms with Crippen molar-refractivity contribution >= 4 is 23.2 Å². The van der Waals surface area contributed by atoms with Gasteiger partial charge >= 0.3 is 0 Å². The molecule has 1 atom stereocenters. The maximum absolute atomic E-state index is 8.88. The third-order valence-electron chi connectivity index (χ3n) is 2.56. The van der Waals surface area contributed by atoms with Gasteiger partial charge in [0.2, 0.25) is 0 Å². The van der Waals surface area contributed by atoms with Crippen LogP contribution in [0.15, 0.2) is 18.2 Å². The van der Waals surface area contributed by atoms with E-state index in [2.05, 4.69) is 12.2 Å². The highest BCUT2D eigenvalue weighted by Crippen LogP contribution is 2.20. The smallest absolute Gasteiger partial charge is 0.0451 e. The van der Waals surface area contributed by atoms with Crippen LogP contribution in [0.25, 0.3) is 0 Å². The van der Waals surface area contributed by atoms with Crippen LogP contribution >= 0.6 is 23.2 Å². The first-order valence-corrected chi connectivity index (χ1v) is 6.21. The molecular weight excluding hydrogens is 245 g/mol. The van der Waals surface area contributed by atoms with Crippen LogP contribution in [0.2, 0.25) is 10.0 Å². The van der Waals surface area contributed by atoms with Crippen LogP contribution in [0, 0.1) is 0 Å². The maximum Gasteiger partial charge on any atom is 0.0451 e. The highest BCUT2D eigenvalue weighted by molar-refractivity contribution is 6.33. The second-order valence-electron chi connectivity index (χ2n) is 3.73. The molecule has 0 aliphatic rings. The zero-order valence-electron chi connectivity index (χ0n) is 9.34. The fourth-order valence-electron chi connectivity index (χ4n) is 1.54. The Bertz CT molecular complexity index is 331. The quantitative estimate of drug-likeness (QED) is 0.824. The Kier molecular flexibility index (Phi) is 6.14. The molecule has 2 N–H and O–H groups in total. The average Bonchev–Trinajstić information content (AvgIpc) is 2.28. The summed E-state index contributed by atoms with van der Waals surface area (Å²) in [5.74, 6) is 0. The molecule has 0 heterocycles. The molecule has 0 fully saturated rings. The zero-order chi connectivity index (χ0) is 12.0. The van der Waals surface area contributed by atoms with Crippen LogP contribution in [0.5, 0.6) is 0 Å². The van der Waals surface area contributed by atoms with E-state index in [-0.39, 0.29) is 6.61 Å². The van der Waals surface area contributed by atoms with Crippen molar-refractivity contribution < 1.29 is 5.11 Å². The van der Waals surface area contributed by atoms with Gasteiger partial charge in [0.25, 0.3) is 0 Å². The Balaban J connectivity index is 2.55. The van der Waals surface area contributed by atoms with Gasteiger partial charge < -0.3 is 10.4 Å². The Morgan fingerprint density at radius 3 is 2.75 bits per heavy atom. The zero-order valence-corrected chi connectivity index (χ0v) is 10.9. The lowest BCUT2D eigenvalue weighted by Crippen LogP contribution is -2.28. The monoisotopic (exact) mass is 261 g/mol. The summed E-state index contributed by atoms with van der Waals surface area (Å²) in [6.07, 6.45) is 1.74. The van der Waals surface area contributed by atoms with Crippen LogP contribution in [0.3, 0.4) is 0 Å². The predicted molar refractivity (Wildman–Crippen MR) is 69.1 cm³/mol. The Morgan fingerprint density at radius 1 is 1.38 bits per heavy atom. The van der Waals surface area contributed by atoms with Crippen molar-refractivity contribution in [1.29, 1.82) is 0 Å². The van der Waals surface area contributed by atoms with Crippen LogP contribution < -0.4 is 5.32 Å². The molecule has 0 radical (unpaired) electrons. The van der Waals surface area contributed by atoms with Gasteiger partial charge in [-0.15, -0.1) is 0 Å². The summed E-state index contributed by atoms with van der Waals surface area (Å²) in [4.78, 5) is 0. The number of rotatable bonds is 6. The summed E-state index contributed by atoms with van der Waals surface area (Å²) in [6, 6.07) is 5.76. The van der Waals surface area contributed by atoms with Crippen LogP contribution in [-0.4, -0.2) is 17.8 Å². The molecule has 0 amide bonds. The van der Waals surface area contributed by atoms with Gasteiger partial charge in [-0.3, -0.25) is 0 Å². The molecule has 0 aliphatic carbocycles. The van der Waals surface area contributed by atoms with E-state index < -0.39 is 0 Å². The maximum atomic E-state index is 8.88. The van der Waals surface area contributed by atoms with Crippen molar-refractivity contribution in [2.24, 2.45) is 0 Å². The van der Waals surface area contributed by atoms with Gasteiger partial charge in [-0.2, -0.15) is 0 Å². The minimum atomic E-state index is 0.203. The Labute approximate surface area is 107 Å². The van der Waals surface area contributed by atoms with E-state index >= 15 is 0 Å². The number of benzene rings is 1. The predicted octanol–water partition coefficient (Wildman–Crippen LogP) is 3.24. The fourth-order valence-corrected chi connectivity index (χ4v) is 1.92. The first-order valence-electron chi connectivity index (χ1n) is 5.45. The topological polar surface area (TPSA) is 32.3 Å². The molecule has 0 saturated heterocycles. The van der Waals surface area contributed by atoms with Gasteiger partial charge in [0.05, 0.1) is 0 Å². The second kappa shape index (κ2) is 7.13. The molecule has 0 spiro atoms. The highest BCUT2D eigenvalue weighted by atomic mass is 35.5. The van der Waals surface area contributed by atoms with Crippen molar-refractivity contribution in [3.63, 3.8) is 0 Å². The van der Waals surface area contributed by atoms with Gasteiger partial charge in [-0.25, -0.2) is 0 Å². The molecule has 1 aromatic rings. The summed E-state index contributed by atoms with van der Waals surface area (Å²) in [6.45, 7) is 2.97. The molecule has 1 aromatic carbocycles. The third kappa shape index (κ3) is 4.30. The summed E-state index contributed by atoms with van der Waals surface area (Å²) < 4.78 is 0. The number of hydrogen-bond acceptors (Lipinski definition) is 2. The molecule has 90 valence electrons. The lowest BCUT2D eigenvalue weighted by atomic mass is 10.1. The molecule has 1 rings (SSSR count). The summed E-state index contributed by atoms with van der Waals surface area (Å²) >= 11 is 12.0. The highest BCUT2D eigenvalue weighted by Gasteiger charge is 2.06. The summed E-state index contributed by atoms with van der Waals surface area (Å²) in [5.41, 5.74) is 0.991. The van der Waals surface area contributed by atoms with Gasteiger partial charge in [0.15, 0.2) is 0 Å². The minimum absolute atomic E-state index is 0.203. The molecule has 4 heteroatoms. The van der Waals surface area contributed by atoms with Crippen molar-refractivity contribution in [1.82, 2.24) is 5.32 Å². The number of halogens is 2. The van der Waals surface area contributed by atoms with E-state index in [1.165, 1.54) is 0 Å². The van der Waals surface area contributed by atoms with Crippen molar-refractivity contribution in [2.75, 3.05) is 6.61 Å². The van der Waals surface area contributed by atoms with E-state index in [1.54, 1.807) is 12.1 Å². The first kappa shape index (κ1) is 13.8. The molecule has 0 bridgehead atoms. The van der Waals surface area contributed by atoms with E-state index in [0.29, 0.717) is 17.6 Å². The van der Waals surface area contributed by atoms with Crippen molar-refractivity contribution in [2.45, 2.75) is 32.4 Å². The molecule has 0 aromatic heterocycles. The lowest BCUT2D eigenvalue weighted by molar-refractivity contribution is 0.262. The lowest BCUT2D eigenvalue weighted by Gasteiger charge is -2.16. The summed E-state index contributed by atoms with van der Waals surface area (Å²) in [5, 5.41) is 13.6. The van der Waals surface area contributed by atoms with Crippen LogP contribution in [0.1, 0.15) is 25.3 Å². The van der Waals surface area contributed by atoms with E-state index in [0.717, 1.165) is 23.4 Å². The number of aliphatic hydroxyl groups excluding tert-OH is 1. The molecule has 0 aliphatic heterocycles. The Morgan fingerprint density at radius 2 is 2.12 bits per heavy atom. The van der Waals surface area contributed by atoms with Gasteiger partial charge in [-0.05, 0) is 36.6 Å². The number of nitrogens with one attached hydrogen (secondary N) is 1. The van der Waals surface area contributed by atoms with Gasteiger partial charge in [0.1, 0.15) is 0 Å². The fraction of sp³-hybridized carbons (Fsp3) is 0.500. The molecule has 0 saturated carbocycles. The molecule has 2 nitrogen and oxygen atoms in total. The second-order valence-corrected chi connectivity index (χ2v) is 4.58. The van der Waals surface area contributed by atoms with E-state index in [4.69, 9.17) is 28.3 Å². The summed E-state index contributed by atoms with van der Waals surface area (Å²) in [7, 11) is 0. The molecule has 16 heavy (non-hydrogen) atoms. The van der Waals surface area contributed by atoms with Crippen LogP contribution in [-0.2, 0) is 6.54 Å². The SMILES string of the molecule is CCC(CCO)NCc1cc(Cl)ccc1Cl. The largest absolute Gasteiger partial charge is 0.396 e.